The van der Waals surface area contributed by atoms with E-state index in [1.807, 2.05) is 66.9 Å². The van der Waals surface area contributed by atoms with E-state index in [4.69, 9.17) is 4.74 Å². The first-order valence-electron chi connectivity index (χ1n) is 9.98. The van der Waals surface area contributed by atoms with Gasteiger partial charge in [-0.05, 0) is 43.7 Å². The number of carbonyl (C=O) groups excluding carboxylic acids is 1. The number of ether oxygens (including phenoxy) is 1. The van der Waals surface area contributed by atoms with Crippen molar-refractivity contribution in [2.45, 2.75) is 25.5 Å². The predicted molar refractivity (Wildman–Crippen MR) is 127 cm³/mol. The van der Waals surface area contributed by atoms with Crippen molar-refractivity contribution in [3.63, 3.8) is 0 Å². The van der Waals surface area contributed by atoms with E-state index in [9.17, 15) is 4.79 Å². The van der Waals surface area contributed by atoms with Crippen molar-refractivity contribution in [2.24, 2.45) is 0 Å². The summed E-state index contributed by atoms with van der Waals surface area (Å²) in [6.45, 7) is 4.80. The largest absolute Gasteiger partial charge is 0.497 e. The average molecular weight is 467 g/mol. The second-order valence-electron chi connectivity index (χ2n) is 6.84. The number of aryl methyl sites for hydroxylation is 1. The van der Waals surface area contributed by atoms with Crippen LogP contribution in [0.25, 0.3) is 22.0 Å². The first kappa shape index (κ1) is 22.0. The van der Waals surface area contributed by atoms with Crippen molar-refractivity contribution in [1.29, 1.82) is 0 Å². The molecule has 0 saturated carbocycles. The van der Waals surface area contributed by atoms with Crippen molar-refractivity contribution in [1.82, 2.24) is 25.0 Å². The summed E-state index contributed by atoms with van der Waals surface area (Å²) >= 11 is 2.67. The Bertz CT molecular complexity index is 1220. The van der Waals surface area contributed by atoms with Crippen molar-refractivity contribution < 1.29 is 9.53 Å². The summed E-state index contributed by atoms with van der Waals surface area (Å²) in [6, 6.07) is 15.6. The summed E-state index contributed by atoms with van der Waals surface area (Å²) in [5.74, 6) is 1.61. The molecule has 0 saturated heterocycles. The number of aromatic nitrogens is 5. The summed E-state index contributed by atoms with van der Waals surface area (Å²) in [6.07, 6.45) is 0. The fourth-order valence-corrected chi connectivity index (χ4v) is 4.68. The molecule has 0 aliphatic heterocycles. The molecule has 0 unspecified atom stereocenters. The topological polar surface area (TPSA) is 94.8 Å². The van der Waals surface area contributed by atoms with Crippen LogP contribution in [0.3, 0.4) is 0 Å². The Kier molecular flexibility index (Phi) is 6.81. The molecule has 164 valence electrons. The molecule has 0 aliphatic carbocycles. The number of thioether (sulfide) groups is 1. The number of hydrogen-bond donors (Lipinski definition) is 1. The highest BCUT2D eigenvalue weighted by Gasteiger charge is 2.16. The van der Waals surface area contributed by atoms with Gasteiger partial charge in [-0.1, -0.05) is 47.4 Å². The summed E-state index contributed by atoms with van der Waals surface area (Å²) in [4.78, 5) is 12.5. The van der Waals surface area contributed by atoms with Crippen LogP contribution in [-0.4, -0.2) is 43.7 Å². The number of amides is 1. The molecule has 0 aliphatic rings. The lowest BCUT2D eigenvalue weighted by Gasteiger charge is -2.09. The van der Waals surface area contributed by atoms with E-state index in [1.165, 1.54) is 23.1 Å². The zero-order valence-corrected chi connectivity index (χ0v) is 19.5. The van der Waals surface area contributed by atoms with Crippen LogP contribution in [0.2, 0.25) is 0 Å². The van der Waals surface area contributed by atoms with Gasteiger partial charge in [0.25, 0.3) is 0 Å². The maximum Gasteiger partial charge on any atom is 0.236 e. The van der Waals surface area contributed by atoms with Crippen molar-refractivity contribution >= 4 is 34.1 Å². The minimum Gasteiger partial charge on any atom is -0.497 e. The number of nitrogens with zero attached hydrogens (tertiary/aromatic N) is 5. The Balaban J connectivity index is 1.39. The molecule has 4 rings (SSSR count). The second-order valence-corrected chi connectivity index (χ2v) is 8.76. The molecule has 0 atom stereocenters. The number of methoxy groups -OCH3 is 1. The minimum atomic E-state index is -0.171. The minimum absolute atomic E-state index is 0.171. The first-order valence-corrected chi connectivity index (χ1v) is 11.8. The second kappa shape index (κ2) is 9.92. The molecule has 2 aromatic carbocycles. The third-order valence-electron chi connectivity index (χ3n) is 4.76. The Hall–Kier alpha value is -3.24. The highest BCUT2D eigenvalue weighted by molar-refractivity contribution is 7.99. The van der Waals surface area contributed by atoms with Gasteiger partial charge in [-0.25, -0.2) is 0 Å². The smallest absolute Gasteiger partial charge is 0.236 e. The van der Waals surface area contributed by atoms with Crippen LogP contribution >= 0.6 is 23.1 Å². The van der Waals surface area contributed by atoms with Gasteiger partial charge in [0.15, 0.2) is 11.0 Å². The van der Waals surface area contributed by atoms with Crippen molar-refractivity contribution in [3.8, 4) is 27.7 Å². The first-order chi connectivity index (χ1) is 15.6. The van der Waals surface area contributed by atoms with Crippen molar-refractivity contribution in [2.75, 3.05) is 18.2 Å². The molecule has 4 aromatic rings. The van der Waals surface area contributed by atoms with Crippen molar-refractivity contribution in [3.05, 3.63) is 54.1 Å². The number of rotatable bonds is 8. The molecule has 1 N–H and O–H groups in total. The highest BCUT2D eigenvalue weighted by atomic mass is 32.2. The van der Waals surface area contributed by atoms with Crippen LogP contribution in [0, 0.1) is 6.92 Å². The van der Waals surface area contributed by atoms with Crippen LogP contribution in [0.5, 0.6) is 5.75 Å². The molecule has 1 amide bonds. The monoisotopic (exact) mass is 466 g/mol. The van der Waals surface area contributed by atoms with E-state index in [0.29, 0.717) is 16.8 Å². The molecule has 0 spiro atoms. The van der Waals surface area contributed by atoms with E-state index in [1.54, 1.807) is 7.11 Å². The number of benzene rings is 2. The highest BCUT2D eigenvalue weighted by Crippen LogP contribution is 2.29. The van der Waals surface area contributed by atoms with Crippen LogP contribution in [-0.2, 0) is 11.3 Å². The third kappa shape index (κ3) is 4.81. The molecule has 2 heterocycles. The molecule has 0 fully saturated rings. The van der Waals surface area contributed by atoms with Gasteiger partial charge in [-0.15, -0.1) is 20.4 Å². The summed E-state index contributed by atoms with van der Waals surface area (Å²) < 4.78 is 7.19. The summed E-state index contributed by atoms with van der Waals surface area (Å²) in [5.41, 5.74) is 3.09. The van der Waals surface area contributed by atoms with E-state index >= 15 is 0 Å². The van der Waals surface area contributed by atoms with Crippen LogP contribution in [0.4, 0.5) is 5.13 Å². The molecule has 32 heavy (non-hydrogen) atoms. The Morgan fingerprint density at radius 2 is 1.88 bits per heavy atom. The number of hydrogen-bond acceptors (Lipinski definition) is 8. The van der Waals surface area contributed by atoms with Gasteiger partial charge in [0, 0.05) is 17.7 Å². The normalized spacial score (nSPS) is 10.8. The average Bonchev–Trinajstić information content (AvgIpc) is 3.45. The molecule has 0 radical (unpaired) electrons. The van der Waals surface area contributed by atoms with Gasteiger partial charge in [-0.3, -0.25) is 10.1 Å². The van der Waals surface area contributed by atoms with E-state index in [0.717, 1.165) is 33.3 Å². The maximum atomic E-state index is 12.5. The van der Waals surface area contributed by atoms with Crippen LogP contribution < -0.4 is 10.1 Å². The Labute approximate surface area is 194 Å². The fourth-order valence-electron chi connectivity index (χ4n) is 3.11. The van der Waals surface area contributed by atoms with Gasteiger partial charge in [0.05, 0.1) is 12.9 Å². The lowest BCUT2D eigenvalue weighted by Crippen LogP contribution is -2.14. The van der Waals surface area contributed by atoms with E-state index in [-0.39, 0.29) is 11.7 Å². The van der Waals surface area contributed by atoms with Crippen LogP contribution in [0.15, 0.2) is 53.7 Å². The van der Waals surface area contributed by atoms with E-state index < -0.39 is 0 Å². The predicted octanol–water partition coefficient (Wildman–Crippen LogP) is 4.53. The lowest BCUT2D eigenvalue weighted by atomic mass is 10.1. The SMILES string of the molecule is CCn1c(SCC(=O)Nc2nnc(-c3ccc(OC)cc3)s2)nnc1-c1ccccc1C. The number of carbonyl (C=O) groups is 1. The van der Waals surface area contributed by atoms with Crippen LogP contribution in [0.1, 0.15) is 12.5 Å². The quantitative estimate of drug-likeness (QED) is 0.381. The van der Waals surface area contributed by atoms with Gasteiger partial charge in [0.1, 0.15) is 10.8 Å². The number of nitrogens with one attached hydrogen (secondary N) is 1. The van der Waals surface area contributed by atoms with Gasteiger partial charge >= 0.3 is 0 Å². The van der Waals surface area contributed by atoms with Gasteiger partial charge < -0.3 is 9.30 Å². The lowest BCUT2D eigenvalue weighted by molar-refractivity contribution is -0.113. The van der Waals surface area contributed by atoms with Gasteiger partial charge in [-0.2, -0.15) is 0 Å². The zero-order valence-electron chi connectivity index (χ0n) is 17.9. The van der Waals surface area contributed by atoms with E-state index in [2.05, 4.69) is 25.7 Å². The standard InChI is InChI=1S/C22H22N6O2S2/c1-4-28-19(17-8-6-5-7-14(17)2)24-27-22(28)31-13-18(29)23-21-26-25-20(32-21)15-9-11-16(30-3)12-10-15/h5-12H,4,13H2,1-3H3,(H,23,26,29). The summed E-state index contributed by atoms with van der Waals surface area (Å²) in [5, 5.41) is 21.6. The Morgan fingerprint density at radius 3 is 2.59 bits per heavy atom. The zero-order chi connectivity index (χ0) is 22.5. The Morgan fingerprint density at radius 1 is 1.09 bits per heavy atom. The molecule has 2 aromatic heterocycles. The molecule has 10 heteroatoms. The number of anilines is 1. The fraction of sp³-hybridized carbons (Fsp3) is 0.227. The van der Waals surface area contributed by atoms with Gasteiger partial charge in [0.2, 0.25) is 11.0 Å². The maximum absolute atomic E-state index is 12.5. The molecular formula is C22H22N6O2S2. The molecular weight excluding hydrogens is 444 g/mol. The molecule has 0 bridgehead atoms. The summed E-state index contributed by atoms with van der Waals surface area (Å²) in [7, 11) is 1.62. The third-order valence-corrected chi connectivity index (χ3v) is 6.61. The molecule has 8 nitrogen and oxygen atoms in total.